The number of nitrogens with zero attached hydrogens (tertiary/aromatic N) is 3. The smallest absolute Gasteiger partial charge is 0.305 e. The summed E-state index contributed by atoms with van der Waals surface area (Å²) in [5, 5.41) is 9.69. The first-order chi connectivity index (χ1) is 12.2. The molecule has 6 nitrogen and oxygen atoms in total. The second kappa shape index (κ2) is 10.3. The van der Waals surface area contributed by atoms with E-state index in [1.807, 2.05) is 30.0 Å². The van der Waals surface area contributed by atoms with Crippen LogP contribution in [0.3, 0.4) is 0 Å². The SMILES string of the molecule is CCOC(=O)CCCCCCN(c1cncc(O)c1)c1ccccn1. The van der Waals surface area contributed by atoms with E-state index in [2.05, 4.69) is 9.97 Å². The van der Waals surface area contributed by atoms with Crippen LogP contribution in [0.15, 0.2) is 42.9 Å². The fourth-order valence-corrected chi connectivity index (χ4v) is 2.58. The van der Waals surface area contributed by atoms with Gasteiger partial charge in [0, 0.05) is 25.2 Å². The van der Waals surface area contributed by atoms with Crippen LogP contribution < -0.4 is 4.90 Å². The standard InChI is InChI=1S/C19H25N3O3/c1-2-25-19(24)10-5-3-4-8-12-22(18-9-6-7-11-21-18)16-13-17(23)15-20-14-16/h6-7,9,11,13-15,23H,2-5,8,10,12H2,1H3. The maximum Gasteiger partial charge on any atom is 0.305 e. The van der Waals surface area contributed by atoms with Gasteiger partial charge in [-0.25, -0.2) is 4.98 Å². The predicted molar refractivity (Wildman–Crippen MR) is 96.9 cm³/mol. The number of carbonyl (C=O) groups excluding carboxylic acids is 1. The van der Waals surface area contributed by atoms with E-state index in [4.69, 9.17) is 4.74 Å². The average Bonchev–Trinajstić information content (AvgIpc) is 2.62. The largest absolute Gasteiger partial charge is 0.506 e. The minimum Gasteiger partial charge on any atom is -0.506 e. The summed E-state index contributed by atoms with van der Waals surface area (Å²) >= 11 is 0. The molecular formula is C19H25N3O3. The second-order valence-electron chi connectivity index (χ2n) is 5.71. The molecule has 2 heterocycles. The number of aromatic hydroxyl groups is 1. The number of ether oxygens (including phenoxy) is 1. The Morgan fingerprint density at radius 1 is 1.20 bits per heavy atom. The van der Waals surface area contributed by atoms with E-state index in [-0.39, 0.29) is 11.7 Å². The van der Waals surface area contributed by atoms with E-state index in [1.165, 1.54) is 6.20 Å². The third-order valence-corrected chi connectivity index (χ3v) is 3.76. The molecule has 2 aromatic heterocycles. The summed E-state index contributed by atoms with van der Waals surface area (Å²) in [6.07, 6.45) is 9.14. The zero-order chi connectivity index (χ0) is 17.9. The zero-order valence-corrected chi connectivity index (χ0v) is 14.6. The number of anilines is 2. The molecule has 0 unspecified atom stereocenters. The molecule has 0 aliphatic heterocycles. The highest BCUT2D eigenvalue weighted by molar-refractivity contribution is 5.69. The maximum absolute atomic E-state index is 11.3. The van der Waals surface area contributed by atoms with Gasteiger partial charge in [-0.05, 0) is 31.9 Å². The van der Waals surface area contributed by atoms with E-state index in [0.29, 0.717) is 13.0 Å². The maximum atomic E-state index is 11.3. The minimum absolute atomic E-state index is 0.122. The number of rotatable bonds is 10. The van der Waals surface area contributed by atoms with Crippen molar-refractivity contribution >= 4 is 17.5 Å². The number of unbranched alkanes of at least 4 members (excludes halogenated alkanes) is 3. The van der Waals surface area contributed by atoms with E-state index < -0.39 is 0 Å². The summed E-state index contributed by atoms with van der Waals surface area (Å²) in [6, 6.07) is 7.43. The van der Waals surface area contributed by atoms with Crippen LogP contribution >= 0.6 is 0 Å². The van der Waals surface area contributed by atoms with Crippen LogP contribution in [0.25, 0.3) is 0 Å². The number of aromatic nitrogens is 2. The number of esters is 1. The Labute approximate surface area is 148 Å². The van der Waals surface area contributed by atoms with Gasteiger partial charge in [-0.3, -0.25) is 9.78 Å². The van der Waals surface area contributed by atoms with Crippen molar-refractivity contribution in [2.45, 2.75) is 39.0 Å². The number of hydrogen-bond donors (Lipinski definition) is 1. The molecule has 6 heteroatoms. The Bertz CT molecular complexity index is 649. The van der Waals surface area contributed by atoms with Gasteiger partial charge < -0.3 is 14.7 Å². The van der Waals surface area contributed by atoms with Crippen LogP contribution in [0.4, 0.5) is 11.5 Å². The number of carbonyl (C=O) groups is 1. The first-order valence-electron chi connectivity index (χ1n) is 8.69. The van der Waals surface area contributed by atoms with Gasteiger partial charge in [0.05, 0.1) is 24.7 Å². The van der Waals surface area contributed by atoms with Crippen molar-refractivity contribution < 1.29 is 14.6 Å². The molecule has 2 aromatic rings. The average molecular weight is 343 g/mol. The lowest BCUT2D eigenvalue weighted by atomic mass is 10.1. The zero-order valence-electron chi connectivity index (χ0n) is 14.6. The van der Waals surface area contributed by atoms with Crippen LogP contribution in [0.5, 0.6) is 5.75 Å². The molecule has 0 aliphatic rings. The predicted octanol–water partition coefficient (Wildman–Crippen LogP) is 3.83. The monoisotopic (exact) mass is 343 g/mol. The normalized spacial score (nSPS) is 10.4. The molecule has 25 heavy (non-hydrogen) atoms. The molecule has 0 fully saturated rings. The topological polar surface area (TPSA) is 75.5 Å². The highest BCUT2D eigenvalue weighted by Gasteiger charge is 2.11. The Morgan fingerprint density at radius 3 is 2.76 bits per heavy atom. The van der Waals surface area contributed by atoms with Crippen LogP contribution in [-0.2, 0) is 9.53 Å². The van der Waals surface area contributed by atoms with Crippen LogP contribution in [-0.4, -0.2) is 34.2 Å². The lowest BCUT2D eigenvalue weighted by Gasteiger charge is -2.23. The third kappa shape index (κ3) is 6.41. The molecule has 0 spiro atoms. The molecule has 1 N–H and O–H groups in total. The Hall–Kier alpha value is -2.63. The van der Waals surface area contributed by atoms with E-state index >= 15 is 0 Å². The molecular weight excluding hydrogens is 318 g/mol. The fourth-order valence-electron chi connectivity index (χ4n) is 2.58. The van der Waals surface area contributed by atoms with Crippen molar-refractivity contribution in [2.24, 2.45) is 0 Å². The Balaban J connectivity index is 1.87. The van der Waals surface area contributed by atoms with Crippen molar-refractivity contribution in [3.63, 3.8) is 0 Å². The van der Waals surface area contributed by atoms with Crippen molar-refractivity contribution in [1.29, 1.82) is 0 Å². The molecule has 134 valence electrons. The lowest BCUT2D eigenvalue weighted by molar-refractivity contribution is -0.143. The molecule has 2 rings (SSSR count). The van der Waals surface area contributed by atoms with Gasteiger partial charge in [0.1, 0.15) is 11.6 Å². The van der Waals surface area contributed by atoms with E-state index in [1.54, 1.807) is 18.5 Å². The molecule has 0 radical (unpaired) electrons. The molecule has 0 saturated heterocycles. The van der Waals surface area contributed by atoms with E-state index in [0.717, 1.165) is 43.7 Å². The summed E-state index contributed by atoms with van der Waals surface area (Å²) in [5.74, 6) is 0.831. The van der Waals surface area contributed by atoms with Gasteiger partial charge in [-0.15, -0.1) is 0 Å². The van der Waals surface area contributed by atoms with Crippen LogP contribution in [0.2, 0.25) is 0 Å². The number of pyridine rings is 2. The Kier molecular flexibility index (Phi) is 7.69. The molecule has 0 atom stereocenters. The lowest BCUT2D eigenvalue weighted by Crippen LogP contribution is -2.19. The first-order valence-corrected chi connectivity index (χ1v) is 8.69. The first kappa shape index (κ1) is 18.7. The van der Waals surface area contributed by atoms with Gasteiger partial charge in [-0.2, -0.15) is 0 Å². The molecule has 0 amide bonds. The molecule has 0 aromatic carbocycles. The highest BCUT2D eigenvalue weighted by atomic mass is 16.5. The van der Waals surface area contributed by atoms with Crippen molar-refractivity contribution in [2.75, 3.05) is 18.1 Å². The quantitative estimate of drug-likeness (QED) is 0.522. The van der Waals surface area contributed by atoms with Gasteiger partial charge >= 0.3 is 5.97 Å². The fraction of sp³-hybridized carbons (Fsp3) is 0.421. The van der Waals surface area contributed by atoms with E-state index in [9.17, 15) is 9.90 Å². The van der Waals surface area contributed by atoms with Crippen LogP contribution in [0.1, 0.15) is 39.0 Å². The minimum atomic E-state index is -0.122. The molecule has 0 bridgehead atoms. The summed E-state index contributed by atoms with van der Waals surface area (Å²) in [7, 11) is 0. The summed E-state index contributed by atoms with van der Waals surface area (Å²) in [6.45, 7) is 3.03. The van der Waals surface area contributed by atoms with Crippen molar-refractivity contribution in [1.82, 2.24) is 9.97 Å². The number of hydrogen-bond acceptors (Lipinski definition) is 6. The molecule has 0 saturated carbocycles. The van der Waals surface area contributed by atoms with Gasteiger partial charge in [0.15, 0.2) is 0 Å². The summed E-state index contributed by atoms with van der Waals surface area (Å²) in [4.78, 5) is 21.8. The van der Waals surface area contributed by atoms with Crippen molar-refractivity contribution in [3.05, 3.63) is 42.9 Å². The van der Waals surface area contributed by atoms with Crippen molar-refractivity contribution in [3.8, 4) is 5.75 Å². The third-order valence-electron chi connectivity index (χ3n) is 3.76. The van der Waals surface area contributed by atoms with Gasteiger partial charge in [-0.1, -0.05) is 18.9 Å². The van der Waals surface area contributed by atoms with Gasteiger partial charge in [0.25, 0.3) is 0 Å². The molecule has 0 aliphatic carbocycles. The van der Waals surface area contributed by atoms with Gasteiger partial charge in [0.2, 0.25) is 0 Å². The summed E-state index contributed by atoms with van der Waals surface area (Å²) < 4.78 is 4.93. The summed E-state index contributed by atoms with van der Waals surface area (Å²) in [5.41, 5.74) is 0.810. The Morgan fingerprint density at radius 2 is 2.04 bits per heavy atom. The highest BCUT2D eigenvalue weighted by Crippen LogP contribution is 2.25. The van der Waals surface area contributed by atoms with Crippen LogP contribution in [0, 0.1) is 0 Å². The second-order valence-corrected chi connectivity index (χ2v) is 5.71.